The molecule has 2 atom stereocenters. The van der Waals surface area contributed by atoms with Crippen molar-refractivity contribution in [3.05, 3.63) is 56.2 Å². The van der Waals surface area contributed by atoms with E-state index in [9.17, 15) is 9.59 Å². The smallest absolute Gasteiger partial charge is 0.311 e. The Morgan fingerprint density at radius 2 is 2.00 bits per heavy atom. The van der Waals surface area contributed by atoms with Gasteiger partial charge in [0.25, 0.3) is 5.91 Å². The van der Waals surface area contributed by atoms with Gasteiger partial charge in [-0.2, -0.15) is 11.3 Å². The van der Waals surface area contributed by atoms with Crippen LogP contribution in [-0.4, -0.2) is 18.0 Å². The summed E-state index contributed by atoms with van der Waals surface area (Å²) in [6, 6.07) is 6.59. The van der Waals surface area contributed by atoms with Crippen molar-refractivity contribution in [3.63, 3.8) is 0 Å². The third-order valence-electron chi connectivity index (χ3n) is 3.39. The Morgan fingerprint density at radius 3 is 2.62 bits per heavy atom. The van der Waals surface area contributed by atoms with Crippen LogP contribution in [0.4, 0.5) is 0 Å². The van der Waals surface area contributed by atoms with Gasteiger partial charge in [-0.3, -0.25) is 9.59 Å². The van der Waals surface area contributed by atoms with Gasteiger partial charge in [0, 0.05) is 10.0 Å². The molecule has 0 bridgehead atoms. The third kappa shape index (κ3) is 5.23. The molecule has 0 spiro atoms. The van der Waals surface area contributed by atoms with E-state index in [1.54, 1.807) is 25.1 Å². The van der Waals surface area contributed by atoms with Crippen LogP contribution in [0.25, 0.3) is 0 Å². The van der Waals surface area contributed by atoms with Crippen LogP contribution in [-0.2, 0) is 20.7 Å². The number of carbonyl (C=O) groups is 2. The minimum Gasteiger partial charge on any atom is -0.452 e. The molecule has 0 saturated carbocycles. The number of hydrogen-bond donors (Lipinski definition) is 1. The molecule has 2 rings (SSSR count). The Morgan fingerprint density at radius 1 is 1.25 bits per heavy atom. The number of halogens is 2. The lowest BCUT2D eigenvalue weighted by atomic mass is 10.1. The summed E-state index contributed by atoms with van der Waals surface area (Å²) in [5.41, 5.74) is 1.62. The minimum atomic E-state index is -0.885. The van der Waals surface area contributed by atoms with Gasteiger partial charge in [0.15, 0.2) is 6.10 Å². The number of rotatable bonds is 6. The number of amides is 1. The second-order valence-electron chi connectivity index (χ2n) is 5.34. The van der Waals surface area contributed by atoms with Crippen molar-refractivity contribution in [1.29, 1.82) is 0 Å². The molecular weight excluding hydrogens is 369 g/mol. The Kier molecular flexibility index (Phi) is 6.66. The Balaban J connectivity index is 1.89. The van der Waals surface area contributed by atoms with E-state index < -0.39 is 12.1 Å². The molecule has 7 heteroatoms. The van der Waals surface area contributed by atoms with Crippen LogP contribution in [0.2, 0.25) is 10.0 Å². The normalized spacial score (nSPS) is 13.2. The Bertz CT molecular complexity index is 719. The SMILES string of the molecule is C[C@@H](OC(=O)Cc1ccsc1)C(=O)N[C@H](C)c1ccc(Cl)cc1Cl. The van der Waals surface area contributed by atoms with Gasteiger partial charge in [-0.1, -0.05) is 29.3 Å². The maximum absolute atomic E-state index is 12.2. The number of nitrogens with one attached hydrogen (secondary N) is 1. The molecule has 0 aliphatic carbocycles. The first kappa shape index (κ1) is 18.8. The largest absolute Gasteiger partial charge is 0.452 e. The molecule has 1 N–H and O–H groups in total. The number of thiophene rings is 1. The Hall–Kier alpha value is -1.56. The van der Waals surface area contributed by atoms with Gasteiger partial charge in [-0.25, -0.2) is 0 Å². The second kappa shape index (κ2) is 8.51. The molecule has 128 valence electrons. The predicted octanol–water partition coefficient (Wildman–Crippen LogP) is 4.41. The van der Waals surface area contributed by atoms with E-state index in [0.29, 0.717) is 10.0 Å². The van der Waals surface area contributed by atoms with E-state index >= 15 is 0 Å². The van der Waals surface area contributed by atoms with Gasteiger partial charge in [0.2, 0.25) is 0 Å². The zero-order valence-corrected chi connectivity index (χ0v) is 15.5. The summed E-state index contributed by atoms with van der Waals surface area (Å²) in [7, 11) is 0. The van der Waals surface area contributed by atoms with Crippen LogP contribution in [0.1, 0.15) is 31.0 Å². The van der Waals surface area contributed by atoms with E-state index in [1.165, 1.54) is 18.3 Å². The summed E-state index contributed by atoms with van der Waals surface area (Å²) in [5, 5.41) is 7.53. The molecule has 1 heterocycles. The minimum absolute atomic E-state index is 0.152. The fraction of sp³-hybridized carbons (Fsp3) is 0.294. The maximum atomic E-state index is 12.2. The van der Waals surface area contributed by atoms with Crippen LogP contribution in [0.15, 0.2) is 35.0 Å². The van der Waals surface area contributed by atoms with Gasteiger partial charge < -0.3 is 10.1 Å². The predicted molar refractivity (Wildman–Crippen MR) is 96.6 cm³/mol. The lowest BCUT2D eigenvalue weighted by Crippen LogP contribution is -2.37. The summed E-state index contributed by atoms with van der Waals surface area (Å²) < 4.78 is 5.17. The quantitative estimate of drug-likeness (QED) is 0.749. The fourth-order valence-electron chi connectivity index (χ4n) is 2.11. The summed E-state index contributed by atoms with van der Waals surface area (Å²) in [6.07, 6.45) is -0.732. The van der Waals surface area contributed by atoms with Crippen molar-refractivity contribution in [1.82, 2.24) is 5.32 Å². The number of esters is 1. The molecular formula is C17H17Cl2NO3S. The zero-order valence-electron chi connectivity index (χ0n) is 13.2. The van der Waals surface area contributed by atoms with Crippen molar-refractivity contribution in [2.45, 2.75) is 32.4 Å². The number of ether oxygens (including phenoxy) is 1. The lowest BCUT2D eigenvalue weighted by molar-refractivity contribution is -0.154. The van der Waals surface area contributed by atoms with Crippen LogP contribution >= 0.6 is 34.5 Å². The first-order valence-corrected chi connectivity index (χ1v) is 9.02. The van der Waals surface area contributed by atoms with Crippen molar-refractivity contribution in [2.75, 3.05) is 0 Å². The highest BCUT2D eigenvalue weighted by atomic mass is 35.5. The molecule has 0 aliphatic heterocycles. The van der Waals surface area contributed by atoms with E-state index in [4.69, 9.17) is 27.9 Å². The van der Waals surface area contributed by atoms with Crippen molar-refractivity contribution >= 4 is 46.4 Å². The van der Waals surface area contributed by atoms with Crippen molar-refractivity contribution in [2.24, 2.45) is 0 Å². The molecule has 1 aromatic heterocycles. The van der Waals surface area contributed by atoms with Gasteiger partial charge in [0.1, 0.15) is 0 Å². The van der Waals surface area contributed by atoms with Crippen LogP contribution in [0.5, 0.6) is 0 Å². The van der Waals surface area contributed by atoms with Gasteiger partial charge in [0.05, 0.1) is 12.5 Å². The van der Waals surface area contributed by atoms with Crippen molar-refractivity contribution in [3.8, 4) is 0 Å². The molecule has 4 nitrogen and oxygen atoms in total. The third-order valence-corrected chi connectivity index (χ3v) is 4.69. The average molecular weight is 386 g/mol. The van der Waals surface area contributed by atoms with Gasteiger partial charge in [-0.05, 0) is 53.9 Å². The summed E-state index contributed by atoms with van der Waals surface area (Å²) in [4.78, 5) is 24.0. The maximum Gasteiger partial charge on any atom is 0.311 e. The standard InChI is InChI=1S/C17H17Cl2NO3S/c1-10(14-4-3-13(18)8-15(14)19)20-17(22)11(2)23-16(21)7-12-5-6-24-9-12/h3-6,8-11H,7H2,1-2H3,(H,20,22)/t10-,11-/m1/s1. The highest BCUT2D eigenvalue weighted by Crippen LogP contribution is 2.26. The Labute approximate surface area is 154 Å². The average Bonchev–Trinajstić information content (AvgIpc) is 2.99. The first-order valence-electron chi connectivity index (χ1n) is 7.32. The molecule has 2 aromatic rings. The van der Waals surface area contributed by atoms with E-state index in [1.807, 2.05) is 16.8 Å². The van der Waals surface area contributed by atoms with Crippen LogP contribution in [0.3, 0.4) is 0 Å². The van der Waals surface area contributed by atoms with E-state index in [0.717, 1.165) is 11.1 Å². The monoisotopic (exact) mass is 385 g/mol. The van der Waals surface area contributed by atoms with E-state index in [-0.39, 0.29) is 18.4 Å². The zero-order chi connectivity index (χ0) is 17.7. The van der Waals surface area contributed by atoms with Crippen molar-refractivity contribution < 1.29 is 14.3 Å². The summed E-state index contributed by atoms with van der Waals surface area (Å²) in [6.45, 7) is 3.34. The topological polar surface area (TPSA) is 55.4 Å². The van der Waals surface area contributed by atoms with E-state index in [2.05, 4.69) is 5.32 Å². The number of hydrogen-bond acceptors (Lipinski definition) is 4. The second-order valence-corrected chi connectivity index (χ2v) is 6.96. The fourth-order valence-corrected chi connectivity index (χ4v) is 3.35. The summed E-state index contributed by atoms with van der Waals surface area (Å²) in [5.74, 6) is -0.819. The molecule has 24 heavy (non-hydrogen) atoms. The highest BCUT2D eigenvalue weighted by molar-refractivity contribution is 7.08. The van der Waals surface area contributed by atoms with Crippen LogP contribution < -0.4 is 5.32 Å². The summed E-state index contributed by atoms with van der Waals surface area (Å²) >= 11 is 13.5. The van der Waals surface area contributed by atoms with Gasteiger partial charge >= 0.3 is 5.97 Å². The molecule has 1 aromatic carbocycles. The molecule has 1 amide bonds. The molecule has 0 aliphatic rings. The molecule has 0 fully saturated rings. The highest BCUT2D eigenvalue weighted by Gasteiger charge is 2.21. The molecule has 0 unspecified atom stereocenters. The molecule has 0 radical (unpaired) electrons. The first-order chi connectivity index (χ1) is 11.4. The number of carbonyl (C=O) groups excluding carboxylic acids is 2. The lowest BCUT2D eigenvalue weighted by Gasteiger charge is -2.19. The van der Waals surface area contributed by atoms with Crippen LogP contribution in [0, 0.1) is 0 Å². The molecule has 0 saturated heterocycles. The van der Waals surface area contributed by atoms with Gasteiger partial charge in [-0.15, -0.1) is 0 Å². The number of benzene rings is 1.